The third-order valence-electron chi connectivity index (χ3n) is 1.99. The average Bonchev–Trinajstić information content (AvgIpc) is 2.40. The molecule has 0 bridgehead atoms. The van der Waals surface area contributed by atoms with Crippen LogP contribution in [-0.4, -0.2) is 9.11 Å². The molecule has 0 aliphatic rings. The molecule has 0 aliphatic carbocycles. The summed E-state index contributed by atoms with van der Waals surface area (Å²) in [4.78, 5) is 1.36. The van der Waals surface area contributed by atoms with Crippen LogP contribution in [-0.2, 0) is 20.4 Å². The van der Waals surface area contributed by atoms with Crippen LogP contribution in [0.5, 0.6) is 0 Å². The van der Waals surface area contributed by atoms with Gasteiger partial charge in [-0.15, -0.1) is 0 Å². The van der Waals surface area contributed by atoms with Gasteiger partial charge in [-0.3, -0.25) is 0 Å². The minimum atomic E-state index is -1.30. The molecule has 0 N–H and O–H groups in total. The maximum absolute atomic E-state index is 11.9. The van der Waals surface area contributed by atoms with Crippen molar-refractivity contribution in [1.82, 2.24) is 0 Å². The van der Waals surface area contributed by atoms with Crippen LogP contribution in [0.2, 0.25) is 0 Å². The molecule has 2 atom stereocenters. The van der Waals surface area contributed by atoms with E-state index in [0.717, 1.165) is 9.83 Å². The molecule has 0 aliphatic heterocycles. The molecule has 5 heteroatoms. The molecule has 2 nitrogen and oxygen atoms in total. The minimum absolute atomic E-state index is 0.682. The molecule has 0 heterocycles. The van der Waals surface area contributed by atoms with E-state index in [9.17, 15) is 9.11 Å². The zero-order chi connectivity index (χ0) is 12.1. The van der Waals surface area contributed by atoms with Crippen molar-refractivity contribution in [2.24, 2.45) is 0 Å². The molecular weight excluding hydrogens is 272 g/mol. The monoisotopic (exact) mass is 282 g/mol. The second kappa shape index (κ2) is 6.37. The molecule has 0 spiro atoms. The Labute approximate surface area is 110 Å². The van der Waals surface area contributed by atoms with Gasteiger partial charge in [-0.05, 0) is 24.3 Å². The summed E-state index contributed by atoms with van der Waals surface area (Å²) < 4.78 is 23.8. The van der Waals surface area contributed by atoms with E-state index in [4.69, 9.17) is 0 Å². The van der Waals surface area contributed by atoms with E-state index < -0.39 is 20.4 Å². The van der Waals surface area contributed by atoms with Crippen molar-refractivity contribution in [3.63, 3.8) is 0 Å². The molecule has 0 aromatic heterocycles. The van der Waals surface area contributed by atoms with Crippen LogP contribution in [0.4, 0.5) is 0 Å². The first-order chi connectivity index (χ1) is 8.27. The van der Waals surface area contributed by atoms with Gasteiger partial charge in [0.25, 0.3) is 0 Å². The number of hydrogen-bond acceptors (Lipinski definition) is 3. The van der Waals surface area contributed by atoms with Crippen molar-refractivity contribution >= 4 is 30.2 Å². The standard InChI is InChI=1S/C12H10O2S3/c13-16(11-7-3-1-4-8-11)15-17(14)12-9-5-2-6-10-12/h1-10H. The molecule has 0 amide bonds. The lowest BCUT2D eigenvalue weighted by molar-refractivity contribution is 0.606. The SMILES string of the molecule is [O-][S+](S[S+]([O-])c1ccccc1)c1ccccc1. The Morgan fingerprint density at radius 3 is 1.35 bits per heavy atom. The van der Waals surface area contributed by atoms with E-state index in [-0.39, 0.29) is 0 Å². The van der Waals surface area contributed by atoms with Gasteiger partial charge in [0, 0.05) is 0 Å². The quantitative estimate of drug-likeness (QED) is 0.639. The lowest BCUT2D eigenvalue weighted by Gasteiger charge is -2.08. The Kier molecular flexibility index (Phi) is 4.82. The maximum Gasteiger partial charge on any atom is 0.353 e. The summed E-state index contributed by atoms with van der Waals surface area (Å²) in [7, 11) is -1.64. The van der Waals surface area contributed by atoms with Crippen LogP contribution in [0.25, 0.3) is 0 Å². The first-order valence-electron chi connectivity index (χ1n) is 4.90. The Hall–Kier alpha value is -0.590. The van der Waals surface area contributed by atoms with E-state index in [1.807, 2.05) is 36.4 Å². The van der Waals surface area contributed by atoms with Crippen molar-refractivity contribution in [1.29, 1.82) is 0 Å². The molecule has 17 heavy (non-hydrogen) atoms. The van der Waals surface area contributed by atoms with Gasteiger partial charge in [-0.1, -0.05) is 36.4 Å². The zero-order valence-electron chi connectivity index (χ0n) is 8.81. The zero-order valence-corrected chi connectivity index (χ0v) is 11.3. The van der Waals surface area contributed by atoms with Crippen LogP contribution in [0.15, 0.2) is 70.5 Å². The van der Waals surface area contributed by atoms with Gasteiger partial charge < -0.3 is 9.11 Å². The van der Waals surface area contributed by atoms with Gasteiger partial charge in [0.15, 0.2) is 9.79 Å². The third kappa shape index (κ3) is 3.69. The number of rotatable bonds is 4. The summed E-state index contributed by atoms with van der Waals surface area (Å²) >= 11 is 0. The fraction of sp³-hybridized carbons (Fsp3) is 0. The highest BCUT2D eigenvalue weighted by Crippen LogP contribution is 2.32. The second-order valence-electron chi connectivity index (χ2n) is 3.16. The van der Waals surface area contributed by atoms with Crippen LogP contribution >= 0.6 is 9.83 Å². The molecule has 0 fully saturated rings. The fourth-order valence-electron chi connectivity index (χ4n) is 1.20. The Morgan fingerprint density at radius 1 is 0.647 bits per heavy atom. The first-order valence-corrected chi connectivity index (χ1v) is 9.05. The summed E-state index contributed by atoms with van der Waals surface area (Å²) in [5, 5.41) is 0. The van der Waals surface area contributed by atoms with Crippen molar-refractivity contribution in [3.05, 3.63) is 60.7 Å². The normalized spacial score (nSPS) is 14.2. The smallest absolute Gasteiger partial charge is 0.353 e. The molecule has 2 aromatic carbocycles. The lowest BCUT2D eigenvalue weighted by atomic mass is 10.4. The van der Waals surface area contributed by atoms with Gasteiger partial charge in [0.05, 0.1) is 0 Å². The highest BCUT2D eigenvalue weighted by molar-refractivity contribution is 9.04. The molecule has 0 saturated carbocycles. The van der Waals surface area contributed by atoms with Crippen LogP contribution < -0.4 is 0 Å². The van der Waals surface area contributed by atoms with Gasteiger partial charge in [-0.2, -0.15) is 0 Å². The van der Waals surface area contributed by atoms with Gasteiger partial charge >= 0.3 is 9.83 Å². The highest BCUT2D eigenvalue weighted by Gasteiger charge is 2.26. The third-order valence-corrected chi connectivity index (χ3v) is 7.68. The Bertz CT molecular complexity index is 406. The predicted octanol–water partition coefficient (Wildman–Crippen LogP) is 3.17. The van der Waals surface area contributed by atoms with Crippen LogP contribution in [0, 0.1) is 0 Å². The molecule has 88 valence electrons. The molecule has 2 rings (SSSR count). The largest absolute Gasteiger partial charge is 0.597 e. The van der Waals surface area contributed by atoms with Crippen LogP contribution in [0.1, 0.15) is 0 Å². The molecule has 0 radical (unpaired) electrons. The van der Waals surface area contributed by atoms with Crippen LogP contribution in [0.3, 0.4) is 0 Å². The number of hydrogen-bond donors (Lipinski definition) is 0. The second-order valence-corrected chi connectivity index (χ2v) is 8.63. The van der Waals surface area contributed by atoms with E-state index in [1.54, 1.807) is 24.3 Å². The summed E-state index contributed by atoms with van der Waals surface area (Å²) in [6, 6.07) is 18.1. The minimum Gasteiger partial charge on any atom is -0.597 e. The van der Waals surface area contributed by atoms with Gasteiger partial charge in [-0.25, -0.2) is 0 Å². The Balaban J connectivity index is 2.02. The fourth-order valence-corrected chi connectivity index (χ4v) is 6.13. The van der Waals surface area contributed by atoms with Crippen molar-refractivity contribution < 1.29 is 9.11 Å². The topological polar surface area (TPSA) is 46.1 Å². The summed E-state index contributed by atoms with van der Waals surface area (Å²) in [5.74, 6) is 0. The average molecular weight is 282 g/mol. The summed E-state index contributed by atoms with van der Waals surface area (Å²) in [6.45, 7) is 0. The number of benzene rings is 2. The van der Waals surface area contributed by atoms with Gasteiger partial charge in [0.1, 0.15) is 20.4 Å². The highest BCUT2D eigenvalue weighted by atomic mass is 33.5. The van der Waals surface area contributed by atoms with Gasteiger partial charge in [0.2, 0.25) is 0 Å². The van der Waals surface area contributed by atoms with Crippen molar-refractivity contribution in [2.45, 2.75) is 9.79 Å². The Morgan fingerprint density at radius 2 is 1.00 bits per heavy atom. The van der Waals surface area contributed by atoms with Crippen molar-refractivity contribution in [3.8, 4) is 0 Å². The van der Waals surface area contributed by atoms with E-state index in [0.29, 0.717) is 9.79 Å². The van der Waals surface area contributed by atoms with E-state index in [1.165, 1.54) is 0 Å². The molecule has 2 aromatic rings. The molecule has 0 saturated heterocycles. The van der Waals surface area contributed by atoms with Crippen molar-refractivity contribution in [2.75, 3.05) is 0 Å². The summed E-state index contributed by atoms with van der Waals surface area (Å²) in [6.07, 6.45) is 0. The van der Waals surface area contributed by atoms with E-state index in [2.05, 4.69) is 0 Å². The van der Waals surface area contributed by atoms with E-state index >= 15 is 0 Å². The lowest BCUT2D eigenvalue weighted by Crippen LogP contribution is -2.03. The predicted molar refractivity (Wildman–Crippen MR) is 73.3 cm³/mol. The first kappa shape index (κ1) is 12.9. The summed E-state index contributed by atoms with van der Waals surface area (Å²) in [5.41, 5.74) is 0. The maximum atomic E-state index is 11.9. The molecule has 2 unspecified atom stereocenters. The molecular formula is C12H10O2S3.